The normalized spacial score (nSPS) is 26.6. The fourth-order valence-electron chi connectivity index (χ4n) is 2.49. The van der Waals surface area contributed by atoms with Crippen molar-refractivity contribution < 1.29 is 0 Å². The van der Waals surface area contributed by atoms with Crippen molar-refractivity contribution in [2.45, 2.75) is 59.4 Å². The average Bonchev–Trinajstić information content (AvgIpc) is 2.68. The third-order valence-electron chi connectivity index (χ3n) is 3.74. The molecule has 1 aliphatic rings. The van der Waals surface area contributed by atoms with Gasteiger partial charge in [0.05, 0.1) is 0 Å². The molecule has 0 radical (unpaired) electrons. The molecule has 1 fully saturated rings. The molecule has 84 valence electrons. The van der Waals surface area contributed by atoms with Gasteiger partial charge in [0.1, 0.15) is 0 Å². The van der Waals surface area contributed by atoms with Crippen molar-refractivity contribution in [1.82, 2.24) is 5.32 Å². The lowest BCUT2D eigenvalue weighted by Gasteiger charge is -2.18. The lowest BCUT2D eigenvalue weighted by atomic mass is 9.97. The van der Waals surface area contributed by atoms with Crippen LogP contribution < -0.4 is 5.32 Å². The molecule has 0 spiro atoms. The molecule has 1 saturated carbocycles. The molecule has 2 unspecified atom stereocenters. The summed E-state index contributed by atoms with van der Waals surface area (Å²) in [5, 5.41) is 3.49. The fraction of sp³-hybridized carbons (Fsp3) is 1.00. The summed E-state index contributed by atoms with van der Waals surface area (Å²) < 4.78 is 0. The molecule has 0 aromatic rings. The summed E-state index contributed by atoms with van der Waals surface area (Å²) in [5.74, 6) is 1.79. The van der Waals surface area contributed by atoms with Gasteiger partial charge in [-0.2, -0.15) is 0 Å². The van der Waals surface area contributed by atoms with E-state index in [1.807, 2.05) is 0 Å². The first-order valence-corrected chi connectivity index (χ1v) is 6.14. The van der Waals surface area contributed by atoms with Crippen molar-refractivity contribution in [3.05, 3.63) is 0 Å². The fourth-order valence-corrected chi connectivity index (χ4v) is 2.49. The number of hydrogen-bond donors (Lipinski definition) is 1. The van der Waals surface area contributed by atoms with Gasteiger partial charge in [0.25, 0.3) is 0 Å². The summed E-state index contributed by atoms with van der Waals surface area (Å²) in [6.07, 6.45) is 5.55. The Balaban J connectivity index is 2.20. The van der Waals surface area contributed by atoms with Gasteiger partial charge < -0.3 is 5.32 Å². The van der Waals surface area contributed by atoms with Gasteiger partial charge in [-0.25, -0.2) is 0 Å². The van der Waals surface area contributed by atoms with E-state index < -0.39 is 0 Å². The SMILES string of the molecule is CNC(CCCC(C)C)C1CC1(C)C. The van der Waals surface area contributed by atoms with Crippen LogP contribution in [0, 0.1) is 17.3 Å². The first kappa shape index (κ1) is 12.0. The number of nitrogens with one attached hydrogen (secondary N) is 1. The van der Waals surface area contributed by atoms with E-state index in [0.717, 1.165) is 17.9 Å². The molecule has 1 heteroatoms. The zero-order valence-corrected chi connectivity index (χ0v) is 10.6. The Hall–Kier alpha value is -0.0400. The van der Waals surface area contributed by atoms with Gasteiger partial charge in [-0.15, -0.1) is 0 Å². The minimum Gasteiger partial charge on any atom is -0.317 e. The maximum Gasteiger partial charge on any atom is 0.00976 e. The van der Waals surface area contributed by atoms with Crippen LogP contribution in [-0.4, -0.2) is 13.1 Å². The predicted molar refractivity (Wildman–Crippen MR) is 63.4 cm³/mol. The first-order valence-electron chi connectivity index (χ1n) is 6.14. The Kier molecular flexibility index (Phi) is 4.00. The van der Waals surface area contributed by atoms with Crippen molar-refractivity contribution in [2.75, 3.05) is 7.05 Å². The minimum atomic E-state index is 0.617. The Morgan fingerprint density at radius 2 is 1.86 bits per heavy atom. The molecule has 14 heavy (non-hydrogen) atoms. The molecular weight excluding hydrogens is 170 g/mol. The standard InChI is InChI=1S/C13H27N/c1-10(2)7-6-8-12(14-5)11-9-13(11,3)4/h10-12,14H,6-9H2,1-5H3. The van der Waals surface area contributed by atoms with Gasteiger partial charge in [-0.1, -0.05) is 40.5 Å². The quantitative estimate of drug-likeness (QED) is 0.688. The van der Waals surface area contributed by atoms with E-state index in [-0.39, 0.29) is 0 Å². The molecule has 0 saturated heterocycles. The second-order valence-electron chi connectivity index (χ2n) is 6.02. The Morgan fingerprint density at radius 3 is 2.21 bits per heavy atom. The molecule has 0 amide bonds. The lowest BCUT2D eigenvalue weighted by Crippen LogP contribution is -2.29. The smallest absolute Gasteiger partial charge is 0.00976 e. The summed E-state index contributed by atoms with van der Waals surface area (Å²) in [5.41, 5.74) is 0.617. The molecule has 1 nitrogen and oxygen atoms in total. The third-order valence-corrected chi connectivity index (χ3v) is 3.74. The van der Waals surface area contributed by atoms with E-state index in [2.05, 4.69) is 40.1 Å². The number of rotatable bonds is 6. The predicted octanol–water partition coefficient (Wildman–Crippen LogP) is 3.45. The Bertz CT molecular complexity index is 172. The van der Waals surface area contributed by atoms with Crippen molar-refractivity contribution in [1.29, 1.82) is 0 Å². The summed E-state index contributed by atoms with van der Waals surface area (Å²) in [4.78, 5) is 0. The largest absolute Gasteiger partial charge is 0.317 e. The zero-order chi connectivity index (χ0) is 10.8. The lowest BCUT2D eigenvalue weighted by molar-refractivity contribution is 0.384. The van der Waals surface area contributed by atoms with E-state index in [0.29, 0.717) is 5.41 Å². The molecule has 1 aliphatic carbocycles. The highest BCUT2D eigenvalue weighted by molar-refractivity contribution is 5.01. The van der Waals surface area contributed by atoms with Crippen LogP contribution in [0.1, 0.15) is 53.4 Å². The summed E-state index contributed by atoms with van der Waals surface area (Å²) >= 11 is 0. The van der Waals surface area contributed by atoms with Gasteiger partial charge in [-0.05, 0) is 37.1 Å². The molecule has 2 atom stereocenters. The molecule has 0 aliphatic heterocycles. The third kappa shape index (κ3) is 3.27. The van der Waals surface area contributed by atoms with E-state index in [1.54, 1.807) is 0 Å². The molecule has 0 aromatic carbocycles. The summed E-state index contributed by atoms with van der Waals surface area (Å²) in [7, 11) is 2.12. The maximum absolute atomic E-state index is 3.49. The van der Waals surface area contributed by atoms with Crippen molar-refractivity contribution >= 4 is 0 Å². The highest BCUT2D eigenvalue weighted by Gasteiger charge is 2.49. The van der Waals surface area contributed by atoms with Gasteiger partial charge in [0.15, 0.2) is 0 Å². The van der Waals surface area contributed by atoms with Crippen LogP contribution in [0.4, 0.5) is 0 Å². The Morgan fingerprint density at radius 1 is 1.29 bits per heavy atom. The van der Waals surface area contributed by atoms with Crippen molar-refractivity contribution in [3.8, 4) is 0 Å². The molecule has 1 rings (SSSR count). The van der Waals surface area contributed by atoms with Crippen LogP contribution in [0.15, 0.2) is 0 Å². The average molecular weight is 197 g/mol. The van der Waals surface area contributed by atoms with Gasteiger partial charge >= 0.3 is 0 Å². The molecule has 0 aromatic heterocycles. The van der Waals surface area contributed by atoms with Gasteiger partial charge in [-0.3, -0.25) is 0 Å². The van der Waals surface area contributed by atoms with Crippen LogP contribution in [0.2, 0.25) is 0 Å². The first-order chi connectivity index (χ1) is 6.47. The van der Waals surface area contributed by atoms with Gasteiger partial charge in [0, 0.05) is 6.04 Å². The number of hydrogen-bond acceptors (Lipinski definition) is 1. The van der Waals surface area contributed by atoms with Crippen LogP contribution in [0.25, 0.3) is 0 Å². The Labute approximate surface area is 89.7 Å². The van der Waals surface area contributed by atoms with E-state index >= 15 is 0 Å². The van der Waals surface area contributed by atoms with Crippen LogP contribution in [0.3, 0.4) is 0 Å². The van der Waals surface area contributed by atoms with Crippen LogP contribution >= 0.6 is 0 Å². The van der Waals surface area contributed by atoms with Crippen molar-refractivity contribution in [3.63, 3.8) is 0 Å². The van der Waals surface area contributed by atoms with Crippen molar-refractivity contribution in [2.24, 2.45) is 17.3 Å². The topological polar surface area (TPSA) is 12.0 Å². The maximum atomic E-state index is 3.49. The second-order valence-corrected chi connectivity index (χ2v) is 6.02. The second kappa shape index (κ2) is 4.65. The highest BCUT2D eigenvalue weighted by atomic mass is 14.9. The highest BCUT2D eigenvalue weighted by Crippen LogP contribution is 2.54. The van der Waals surface area contributed by atoms with E-state index in [4.69, 9.17) is 0 Å². The monoisotopic (exact) mass is 197 g/mol. The van der Waals surface area contributed by atoms with E-state index in [1.165, 1.54) is 25.7 Å². The molecule has 1 N–H and O–H groups in total. The summed E-state index contributed by atoms with van der Waals surface area (Å²) in [6, 6.07) is 0.767. The minimum absolute atomic E-state index is 0.617. The van der Waals surface area contributed by atoms with Gasteiger partial charge in [0.2, 0.25) is 0 Å². The van der Waals surface area contributed by atoms with E-state index in [9.17, 15) is 0 Å². The molecule has 0 bridgehead atoms. The molecular formula is C13H27N. The van der Waals surface area contributed by atoms with Crippen LogP contribution in [0.5, 0.6) is 0 Å². The molecule has 0 heterocycles. The zero-order valence-electron chi connectivity index (χ0n) is 10.6. The van der Waals surface area contributed by atoms with Crippen LogP contribution in [-0.2, 0) is 0 Å². The summed E-state index contributed by atoms with van der Waals surface area (Å²) in [6.45, 7) is 9.42.